The standard InChI is InChI=1S/C28H31F2N5O3S/c1-19(2)16-35(27(38)20-7-9-21(29)10-8-20)17-25(36)32-28-31-22(18-39-28)15-26(37)34-13-11-33(12-14-34)24-6-4-3-5-23(24)30/h3-10,18-19H,11-17H2,1-2H3,(H,31,32,36). The monoisotopic (exact) mass is 555 g/mol. The second-order valence-corrected chi connectivity index (χ2v) is 10.6. The Morgan fingerprint density at radius 1 is 1.03 bits per heavy atom. The summed E-state index contributed by atoms with van der Waals surface area (Å²) in [7, 11) is 0. The molecule has 1 saturated heterocycles. The molecule has 0 radical (unpaired) electrons. The molecule has 2 aromatic carbocycles. The van der Waals surface area contributed by atoms with Crippen LogP contribution in [0.25, 0.3) is 0 Å². The zero-order valence-corrected chi connectivity index (χ0v) is 22.7. The number of para-hydroxylation sites is 1. The van der Waals surface area contributed by atoms with Crippen molar-refractivity contribution in [1.29, 1.82) is 0 Å². The lowest BCUT2D eigenvalue weighted by Crippen LogP contribution is -2.49. The summed E-state index contributed by atoms with van der Waals surface area (Å²) in [5.41, 5.74) is 1.38. The predicted molar refractivity (Wildman–Crippen MR) is 147 cm³/mol. The van der Waals surface area contributed by atoms with E-state index in [9.17, 15) is 23.2 Å². The van der Waals surface area contributed by atoms with E-state index in [1.165, 1.54) is 46.6 Å². The van der Waals surface area contributed by atoms with E-state index in [2.05, 4.69) is 10.3 Å². The Labute approximate surface area is 230 Å². The molecule has 3 amide bonds. The second kappa shape index (κ2) is 12.8. The van der Waals surface area contributed by atoms with Crippen LogP contribution in [0.2, 0.25) is 0 Å². The van der Waals surface area contributed by atoms with Gasteiger partial charge in [0, 0.05) is 43.7 Å². The molecular formula is C28H31F2N5O3S. The van der Waals surface area contributed by atoms with Crippen LogP contribution in [0, 0.1) is 17.6 Å². The molecule has 11 heteroatoms. The zero-order valence-electron chi connectivity index (χ0n) is 21.9. The van der Waals surface area contributed by atoms with Gasteiger partial charge in [-0.05, 0) is 42.3 Å². The van der Waals surface area contributed by atoms with Crippen LogP contribution >= 0.6 is 11.3 Å². The van der Waals surface area contributed by atoms with Crippen molar-refractivity contribution in [1.82, 2.24) is 14.8 Å². The van der Waals surface area contributed by atoms with E-state index < -0.39 is 11.7 Å². The molecule has 0 saturated carbocycles. The minimum absolute atomic E-state index is 0.0839. The maximum Gasteiger partial charge on any atom is 0.254 e. The van der Waals surface area contributed by atoms with Crippen molar-refractivity contribution in [3.8, 4) is 0 Å². The fraction of sp³-hybridized carbons (Fsp3) is 0.357. The smallest absolute Gasteiger partial charge is 0.254 e. The summed E-state index contributed by atoms with van der Waals surface area (Å²) in [4.78, 5) is 48.0. The highest BCUT2D eigenvalue weighted by Gasteiger charge is 2.24. The second-order valence-electron chi connectivity index (χ2n) is 9.77. The van der Waals surface area contributed by atoms with Gasteiger partial charge in [-0.15, -0.1) is 11.3 Å². The SMILES string of the molecule is CC(C)CN(CC(=O)Nc1nc(CC(=O)N2CCN(c3ccccc3F)CC2)cs1)C(=O)c1ccc(F)cc1. The van der Waals surface area contributed by atoms with E-state index >= 15 is 0 Å². The van der Waals surface area contributed by atoms with Crippen LogP contribution in [-0.2, 0) is 16.0 Å². The van der Waals surface area contributed by atoms with Gasteiger partial charge in [-0.25, -0.2) is 13.8 Å². The number of hydrogen-bond donors (Lipinski definition) is 1. The van der Waals surface area contributed by atoms with E-state index in [1.807, 2.05) is 18.7 Å². The third-order valence-corrected chi connectivity index (χ3v) is 7.06. The first-order valence-electron chi connectivity index (χ1n) is 12.8. The van der Waals surface area contributed by atoms with Crippen LogP contribution in [0.1, 0.15) is 29.9 Å². The molecule has 0 aliphatic carbocycles. The summed E-state index contributed by atoms with van der Waals surface area (Å²) in [6.07, 6.45) is 0.0919. The Morgan fingerprint density at radius 2 is 1.72 bits per heavy atom. The van der Waals surface area contributed by atoms with Crippen molar-refractivity contribution < 1.29 is 23.2 Å². The van der Waals surface area contributed by atoms with Crippen LogP contribution in [0.5, 0.6) is 0 Å². The van der Waals surface area contributed by atoms with E-state index in [1.54, 1.807) is 28.5 Å². The minimum Gasteiger partial charge on any atom is -0.366 e. The number of nitrogens with one attached hydrogen (secondary N) is 1. The number of piperazine rings is 1. The van der Waals surface area contributed by atoms with Gasteiger partial charge >= 0.3 is 0 Å². The molecule has 39 heavy (non-hydrogen) atoms. The van der Waals surface area contributed by atoms with Gasteiger partial charge in [-0.2, -0.15) is 0 Å². The summed E-state index contributed by atoms with van der Waals surface area (Å²) in [6, 6.07) is 11.8. The van der Waals surface area contributed by atoms with Gasteiger partial charge in [0.25, 0.3) is 5.91 Å². The number of carbonyl (C=O) groups excluding carboxylic acids is 3. The lowest BCUT2D eigenvalue weighted by molar-refractivity contribution is -0.130. The molecule has 1 aliphatic rings. The van der Waals surface area contributed by atoms with Crippen LogP contribution in [-0.4, -0.2) is 71.8 Å². The Bertz CT molecular complexity index is 1310. The van der Waals surface area contributed by atoms with Crippen molar-refractivity contribution in [2.45, 2.75) is 20.3 Å². The van der Waals surface area contributed by atoms with Gasteiger partial charge in [0.05, 0.1) is 17.8 Å². The molecule has 1 fully saturated rings. The Kier molecular flexibility index (Phi) is 9.23. The molecule has 0 bridgehead atoms. The normalized spacial score (nSPS) is 13.5. The number of nitrogens with zero attached hydrogens (tertiary/aromatic N) is 4. The van der Waals surface area contributed by atoms with Crippen LogP contribution in [0.15, 0.2) is 53.9 Å². The topological polar surface area (TPSA) is 85.8 Å². The van der Waals surface area contributed by atoms with Crippen molar-refractivity contribution >= 4 is 39.9 Å². The van der Waals surface area contributed by atoms with E-state index in [0.717, 1.165) is 0 Å². The number of rotatable bonds is 9. The molecule has 0 spiro atoms. The third-order valence-electron chi connectivity index (χ3n) is 6.25. The van der Waals surface area contributed by atoms with E-state index in [4.69, 9.17) is 0 Å². The molecule has 0 atom stereocenters. The summed E-state index contributed by atoms with van der Waals surface area (Å²) in [5, 5.41) is 4.77. The van der Waals surface area contributed by atoms with Crippen LogP contribution in [0.3, 0.4) is 0 Å². The maximum absolute atomic E-state index is 14.1. The molecule has 3 aromatic rings. The molecular weight excluding hydrogens is 524 g/mol. The average Bonchev–Trinajstić information content (AvgIpc) is 3.34. The Balaban J connectivity index is 1.29. The summed E-state index contributed by atoms with van der Waals surface area (Å²) in [6.45, 7) is 6.08. The predicted octanol–water partition coefficient (Wildman–Crippen LogP) is 4.05. The number of carbonyl (C=O) groups is 3. The number of anilines is 2. The first-order chi connectivity index (χ1) is 18.7. The fourth-order valence-electron chi connectivity index (χ4n) is 4.38. The van der Waals surface area contributed by atoms with E-state index in [0.29, 0.717) is 54.8 Å². The molecule has 4 rings (SSSR count). The zero-order chi connectivity index (χ0) is 27.9. The number of thiazole rings is 1. The van der Waals surface area contributed by atoms with Gasteiger partial charge in [0.1, 0.15) is 18.2 Å². The Morgan fingerprint density at radius 3 is 2.38 bits per heavy atom. The molecule has 1 aliphatic heterocycles. The highest BCUT2D eigenvalue weighted by molar-refractivity contribution is 7.13. The van der Waals surface area contributed by atoms with Crippen LogP contribution < -0.4 is 10.2 Å². The molecule has 1 aromatic heterocycles. The van der Waals surface area contributed by atoms with Crippen LogP contribution in [0.4, 0.5) is 19.6 Å². The first kappa shape index (κ1) is 28.2. The van der Waals surface area contributed by atoms with Gasteiger partial charge in [0.2, 0.25) is 11.8 Å². The van der Waals surface area contributed by atoms with Gasteiger partial charge in [-0.3, -0.25) is 14.4 Å². The summed E-state index contributed by atoms with van der Waals surface area (Å²) < 4.78 is 27.3. The Hall–Kier alpha value is -3.86. The highest BCUT2D eigenvalue weighted by Crippen LogP contribution is 2.21. The number of halogens is 2. The van der Waals surface area contributed by atoms with Crippen molar-refractivity contribution in [2.24, 2.45) is 5.92 Å². The van der Waals surface area contributed by atoms with E-state index in [-0.39, 0.29) is 36.5 Å². The molecule has 8 nitrogen and oxygen atoms in total. The lowest BCUT2D eigenvalue weighted by Gasteiger charge is -2.36. The highest BCUT2D eigenvalue weighted by atomic mass is 32.1. The molecule has 206 valence electrons. The van der Waals surface area contributed by atoms with Gasteiger partial charge < -0.3 is 20.0 Å². The maximum atomic E-state index is 14.1. The van der Waals surface area contributed by atoms with Gasteiger partial charge in [0.15, 0.2) is 5.13 Å². The quantitative estimate of drug-likeness (QED) is 0.431. The number of hydrogen-bond acceptors (Lipinski definition) is 6. The lowest BCUT2D eigenvalue weighted by atomic mass is 10.1. The molecule has 0 unspecified atom stereocenters. The fourth-order valence-corrected chi connectivity index (χ4v) is 5.11. The summed E-state index contributed by atoms with van der Waals surface area (Å²) >= 11 is 1.20. The largest absolute Gasteiger partial charge is 0.366 e. The third kappa shape index (κ3) is 7.60. The molecule has 1 N–H and O–H groups in total. The summed E-state index contributed by atoms with van der Waals surface area (Å²) in [5.74, 6) is -1.46. The van der Waals surface area contributed by atoms with Crippen molar-refractivity contribution in [2.75, 3.05) is 49.5 Å². The number of amides is 3. The minimum atomic E-state index is -0.442. The van der Waals surface area contributed by atoms with Gasteiger partial charge in [-0.1, -0.05) is 26.0 Å². The van der Waals surface area contributed by atoms with Crippen molar-refractivity contribution in [3.63, 3.8) is 0 Å². The molecule has 2 heterocycles. The number of aromatic nitrogens is 1. The van der Waals surface area contributed by atoms with Crippen molar-refractivity contribution in [3.05, 3.63) is 76.8 Å². The average molecular weight is 556 g/mol. The first-order valence-corrected chi connectivity index (χ1v) is 13.6. The number of benzene rings is 2.